The molecule has 2 rings (SSSR count). The van der Waals surface area contributed by atoms with Crippen molar-refractivity contribution >= 4 is 15.9 Å². The Hall–Kier alpha value is -1.26. The Morgan fingerprint density at radius 3 is 2.31 bits per heavy atom. The van der Waals surface area contributed by atoms with Gasteiger partial charge in [-0.15, -0.1) is 0 Å². The van der Waals surface area contributed by atoms with Crippen LogP contribution in [0.25, 0.3) is 11.4 Å². The van der Waals surface area contributed by atoms with Gasteiger partial charge in [0.2, 0.25) is 0 Å². The van der Waals surface area contributed by atoms with E-state index in [1.807, 2.05) is 24.3 Å². The molecule has 4 heteroatoms. The van der Waals surface area contributed by atoms with Crippen molar-refractivity contribution in [2.24, 2.45) is 0 Å². The van der Waals surface area contributed by atoms with Crippen LogP contribution in [0.1, 0.15) is 5.56 Å². The second-order valence-electron chi connectivity index (χ2n) is 3.35. The molecule has 0 atom stereocenters. The van der Waals surface area contributed by atoms with Crippen LogP contribution in [-0.2, 0) is 11.3 Å². The van der Waals surface area contributed by atoms with Crippen molar-refractivity contribution < 1.29 is 4.74 Å². The van der Waals surface area contributed by atoms with E-state index in [4.69, 9.17) is 4.74 Å². The second kappa shape index (κ2) is 5.18. The Kier molecular flexibility index (Phi) is 3.64. The Balaban J connectivity index is 2.24. The smallest absolute Gasteiger partial charge is 0.159 e. The van der Waals surface area contributed by atoms with E-state index in [2.05, 4.69) is 25.9 Å². The average Bonchev–Trinajstić information content (AvgIpc) is 2.32. The molecular formula is C12H11BrN2O. The van der Waals surface area contributed by atoms with Crippen LogP contribution in [-0.4, -0.2) is 17.1 Å². The molecule has 0 aliphatic carbocycles. The van der Waals surface area contributed by atoms with Gasteiger partial charge in [-0.2, -0.15) is 0 Å². The molecule has 0 amide bonds. The lowest BCUT2D eigenvalue weighted by Gasteiger charge is -2.02. The van der Waals surface area contributed by atoms with E-state index in [-0.39, 0.29) is 0 Å². The minimum Gasteiger partial charge on any atom is -0.380 e. The molecule has 1 aromatic carbocycles. The van der Waals surface area contributed by atoms with Crippen molar-refractivity contribution in [3.63, 3.8) is 0 Å². The summed E-state index contributed by atoms with van der Waals surface area (Å²) in [5.74, 6) is 0.729. The minimum absolute atomic E-state index is 0.542. The van der Waals surface area contributed by atoms with Crippen LogP contribution in [0.4, 0.5) is 0 Å². The number of ether oxygens (including phenoxy) is 1. The molecule has 0 radical (unpaired) electrons. The van der Waals surface area contributed by atoms with Gasteiger partial charge in [-0.1, -0.05) is 28.1 Å². The standard InChI is InChI=1S/C12H11BrN2O/c1-16-8-9-6-14-12(15-7-9)10-2-4-11(13)5-3-10/h2-7H,8H2,1H3. The highest BCUT2D eigenvalue weighted by molar-refractivity contribution is 9.10. The lowest BCUT2D eigenvalue weighted by atomic mass is 10.2. The fraction of sp³-hybridized carbons (Fsp3) is 0.167. The minimum atomic E-state index is 0.542. The Bertz CT molecular complexity index is 453. The van der Waals surface area contributed by atoms with E-state index in [1.165, 1.54) is 0 Å². The first-order valence-electron chi connectivity index (χ1n) is 4.85. The predicted molar refractivity (Wildman–Crippen MR) is 65.9 cm³/mol. The molecule has 82 valence electrons. The summed E-state index contributed by atoms with van der Waals surface area (Å²) in [4.78, 5) is 8.58. The zero-order valence-electron chi connectivity index (χ0n) is 8.85. The molecule has 2 aromatic rings. The van der Waals surface area contributed by atoms with Crippen molar-refractivity contribution in [1.82, 2.24) is 9.97 Å². The number of aromatic nitrogens is 2. The number of hydrogen-bond acceptors (Lipinski definition) is 3. The fourth-order valence-electron chi connectivity index (χ4n) is 1.34. The van der Waals surface area contributed by atoms with Crippen molar-refractivity contribution in [2.75, 3.05) is 7.11 Å². The van der Waals surface area contributed by atoms with Crippen molar-refractivity contribution in [3.05, 3.63) is 46.7 Å². The number of nitrogens with zero attached hydrogens (tertiary/aromatic N) is 2. The van der Waals surface area contributed by atoms with Crippen LogP contribution in [0.5, 0.6) is 0 Å². The van der Waals surface area contributed by atoms with Crippen LogP contribution in [0.15, 0.2) is 41.1 Å². The number of benzene rings is 1. The summed E-state index contributed by atoms with van der Waals surface area (Å²) in [7, 11) is 1.66. The summed E-state index contributed by atoms with van der Waals surface area (Å²) in [5.41, 5.74) is 1.98. The normalized spacial score (nSPS) is 10.4. The third kappa shape index (κ3) is 2.65. The first-order valence-corrected chi connectivity index (χ1v) is 5.64. The maximum atomic E-state index is 5.00. The molecule has 0 spiro atoms. The third-order valence-electron chi connectivity index (χ3n) is 2.12. The van der Waals surface area contributed by atoms with Gasteiger partial charge in [0.15, 0.2) is 5.82 Å². The number of halogens is 1. The molecule has 0 aliphatic rings. The van der Waals surface area contributed by atoms with Crippen molar-refractivity contribution in [3.8, 4) is 11.4 Å². The SMILES string of the molecule is COCc1cnc(-c2ccc(Br)cc2)nc1. The molecule has 16 heavy (non-hydrogen) atoms. The maximum absolute atomic E-state index is 5.00. The summed E-state index contributed by atoms with van der Waals surface area (Å²) in [5, 5.41) is 0. The van der Waals surface area contributed by atoms with Crippen molar-refractivity contribution in [2.45, 2.75) is 6.61 Å². The Morgan fingerprint density at radius 2 is 1.75 bits per heavy atom. The molecule has 0 saturated heterocycles. The highest BCUT2D eigenvalue weighted by Crippen LogP contribution is 2.17. The van der Waals surface area contributed by atoms with E-state index < -0.39 is 0 Å². The number of rotatable bonds is 3. The van der Waals surface area contributed by atoms with Gasteiger partial charge in [-0.05, 0) is 12.1 Å². The molecule has 0 unspecified atom stereocenters. The van der Waals surface area contributed by atoms with Gasteiger partial charge in [-0.3, -0.25) is 0 Å². The Morgan fingerprint density at radius 1 is 1.12 bits per heavy atom. The predicted octanol–water partition coefficient (Wildman–Crippen LogP) is 3.05. The quantitative estimate of drug-likeness (QED) is 0.866. The maximum Gasteiger partial charge on any atom is 0.159 e. The van der Waals surface area contributed by atoms with Crippen LogP contribution in [0.3, 0.4) is 0 Å². The van der Waals surface area contributed by atoms with E-state index >= 15 is 0 Å². The lowest BCUT2D eigenvalue weighted by molar-refractivity contribution is 0.184. The average molecular weight is 279 g/mol. The van der Waals surface area contributed by atoms with E-state index in [0.717, 1.165) is 21.4 Å². The fourth-order valence-corrected chi connectivity index (χ4v) is 1.61. The van der Waals surface area contributed by atoms with E-state index in [9.17, 15) is 0 Å². The van der Waals surface area contributed by atoms with Crippen LogP contribution in [0.2, 0.25) is 0 Å². The Labute approximate surface area is 103 Å². The summed E-state index contributed by atoms with van der Waals surface area (Å²) in [6.07, 6.45) is 3.57. The first kappa shape index (κ1) is 11.2. The van der Waals surface area contributed by atoms with Gasteiger partial charge in [-0.25, -0.2) is 9.97 Å². The van der Waals surface area contributed by atoms with Crippen LogP contribution >= 0.6 is 15.9 Å². The molecular weight excluding hydrogens is 268 g/mol. The summed E-state index contributed by atoms with van der Waals surface area (Å²) < 4.78 is 6.05. The largest absolute Gasteiger partial charge is 0.380 e. The lowest BCUT2D eigenvalue weighted by Crippen LogP contribution is -1.93. The van der Waals surface area contributed by atoms with Gasteiger partial charge >= 0.3 is 0 Å². The highest BCUT2D eigenvalue weighted by Gasteiger charge is 2.00. The third-order valence-corrected chi connectivity index (χ3v) is 2.65. The molecule has 0 bridgehead atoms. The zero-order valence-corrected chi connectivity index (χ0v) is 10.4. The number of hydrogen-bond donors (Lipinski definition) is 0. The molecule has 1 heterocycles. The van der Waals surface area contributed by atoms with Gasteiger partial charge in [0.25, 0.3) is 0 Å². The van der Waals surface area contributed by atoms with Gasteiger partial charge in [0, 0.05) is 35.1 Å². The number of methoxy groups -OCH3 is 1. The zero-order chi connectivity index (χ0) is 11.4. The van der Waals surface area contributed by atoms with E-state index in [0.29, 0.717) is 6.61 Å². The van der Waals surface area contributed by atoms with Crippen LogP contribution < -0.4 is 0 Å². The first-order chi connectivity index (χ1) is 7.79. The van der Waals surface area contributed by atoms with Gasteiger partial charge in [0.05, 0.1) is 6.61 Å². The molecule has 1 aromatic heterocycles. The summed E-state index contributed by atoms with van der Waals surface area (Å²) in [6.45, 7) is 0.542. The molecule has 0 N–H and O–H groups in total. The molecule has 0 aliphatic heterocycles. The molecule has 3 nitrogen and oxygen atoms in total. The van der Waals surface area contributed by atoms with Crippen molar-refractivity contribution in [1.29, 1.82) is 0 Å². The highest BCUT2D eigenvalue weighted by atomic mass is 79.9. The van der Waals surface area contributed by atoms with E-state index in [1.54, 1.807) is 19.5 Å². The monoisotopic (exact) mass is 278 g/mol. The van der Waals surface area contributed by atoms with Gasteiger partial charge < -0.3 is 4.74 Å². The summed E-state index contributed by atoms with van der Waals surface area (Å²) in [6, 6.07) is 7.91. The van der Waals surface area contributed by atoms with Gasteiger partial charge in [0.1, 0.15) is 0 Å². The topological polar surface area (TPSA) is 35.0 Å². The summed E-state index contributed by atoms with van der Waals surface area (Å²) >= 11 is 3.39. The molecule has 0 fully saturated rings. The van der Waals surface area contributed by atoms with Crippen LogP contribution in [0, 0.1) is 0 Å². The molecule has 0 saturated carbocycles. The second-order valence-corrected chi connectivity index (χ2v) is 4.27.